The van der Waals surface area contributed by atoms with Crippen molar-refractivity contribution in [3.8, 4) is 0 Å². The van der Waals surface area contributed by atoms with Crippen molar-refractivity contribution in [2.45, 2.75) is 46.8 Å². The van der Waals surface area contributed by atoms with Crippen LogP contribution in [0.2, 0.25) is 5.02 Å². The molecule has 0 aliphatic rings. The van der Waals surface area contributed by atoms with Gasteiger partial charge < -0.3 is 9.47 Å². The second-order valence-corrected chi connectivity index (χ2v) is 7.87. The number of carbonyl (C=O) groups excluding carboxylic acids is 1. The summed E-state index contributed by atoms with van der Waals surface area (Å²) < 4.78 is 2.12. The van der Waals surface area contributed by atoms with Crippen LogP contribution in [0, 0.1) is 13.8 Å². The van der Waals surface area contributed by atoms with Crippen LogP contribution in [0.25, 0.3) is 0 Å². The van der Waals surface area contributed by atoms with Gasteiger partial charge in [-0.05, 0) is 63.1 Å². The molecule has 0 aliphatic carbocycles. The zero-order chi connectivity index (χ0) is 20.3. The van der Waals surface area contributed by atoms with Crippen molar-refractivity contribution in [1.82, 2.24) is 14.5 Å². The summed E-state index contributed by atoms with van der Waals surface area (Å²) in [5.41, 5.74) is 4.39. The number of benzene rings is 2. The van der Waals surface area contributed by atoms with Gasteiger partial charge in [0.15, 0.2) is 0 Å². The zero-order valence-electron chi connectivity index (χ0n) is 16.8. The maximum absolute atomic E-state index is 13.0. The molecule has 146 valence electrons. The van der Waals surface area contributed by atoms with Gasteiger partial charge in [-0.25, -0.2) is 4.98 Å². The Morgan fingerprint density at radius 1 is 1.14 bits per heavy atom. The van der Waals surface area contributed by atoms with Crippen LogP contribution < -0.4 is 0 Å². The number of halogens is 1. The smallest absolute Gasteiger partial charge is 0.254 e. The molecule has 3 aromatic rings. The normalized spacial score (nSPS) is 11.1. The lowest BCUT2D eigenvalue weighted by Gasteiger charge is -2.27. The van der Waals surface area contributed by atoms with E-state index in [0.29, 0.717) is 17.1 Å². The molecule has 0 saturated carbocycles. The molecule has 1 amide bonds. The van der Waals surface area contributed by atoms with E-state index in [2.05, 4.69) is 41.6 Å². The Labute approximate surface area is 171 Å². The Hall–Kier alpha value is -2.59. The van der Waals surface area contributed by atoms with Gasteiger partial charge >= 0.3 is 0 Å². The molecule has 1 heterocycles. The SMILES string of the molecule is Cc1ccc(C)c(Cn2ccnc2CN(C(=O)c2ccc(Cl)cc2)C(C)C)c1. The van der Waals surface area contributed by atoms with Gasteiger partial charge in [-0.2, -0.15) is 0 Å². The summed E-state index contributed by atoms with van der Waals surface area (Å²) in [4.78, 5) is 19.4. The molecule has 2 aromatic carbocycles. The van der Waals surface area contributed by atoms with Crippen LogP contribution in [0.15, 0.2) is 54.9 Å². The van der Waals surface area contributed by atoms with Crippen LogP contribution in [-0.4, -0.2) is 26.4 Å². The first kappa shape index (κ1) is 20.2. The lowest BCUT2D eigenvalue weighted by molar-refractivity contribution is 0.0683. The third kappa shape index (κ3) is 4.63. The standard InChI is InChI=1S/C23H26ClN3O/c1-16(2)27(23(28)19-7-9-21(24)10-8-19)15-22-25-11-12-26(22)14-20-13-17(3)5-6-18(20)4/h5-13,16H,14-15H2,1-4H3. The molecule has 4 nitrogen and oxygen atoms in total. The van der Waals surface area contributed by atoms with Crippen LogP contribution in [0.5, 0.6) is 0 Å². The van der Waals surface area contributed by atoms with Crippen molar-refractivity contribution >= 4 is 17.5 Å². The zero-order valence-corrected chi connectivity index (χ0v) is 17.6. The average Bonchev–Trinajstić information content (AvgIpc) is 3.09. The van der Waals surface area contributed by atoms with E-state index in [4.69, 9.17) is 11.6 Å². The highest BCUT2D eigenvalue weighted by Gasteiger charge is 2.21. The summed E-state index contributed by atoms with van der Waals surface area (Å²) in [5, 5.41) is 0.622. The van der Waals surface area contributed by atoms with E-state index in [9.17, 15) is 4.79 Å². The number of imidazole rings is 1. The lowest BCUT2D eigenvalue weighted by Crippen LogP contribution is -2.37. The van der Waals surface area contributed by atoms with Crippen molar-refractivity contribution in [1.29, 1.82) is 0 Å². The molecular formula is C23H26ClN3O. The molecule has 1 aromatic heterocycles. The highest BCUT2D eigenvalue weighted by Crippen LogP contribution is 2.17. The van der Waals surface area contributed by atoms with E-state index in [1.54, 1.807) is 30.5 Å². The Kier molecular flexibility index (Phi) is 6.20. The van der Waals surface area contributed by atoms with Gasteiger partial charge in [-0.3, -0.25) is 4.79 Å². The first-order chi connectivity index (χ1) is 13.3. The highest BCUT2D eigenvalue weighted by atomic mass is 35.5. The third-order valence-corrected chi connectivity index (χ3v) is 5.19. The molecule has 0 radical (unpaired) electrons. The molecule has 3 rings (SSSR count). The fourth-order valence-electron chi connectivity index (χ4n) is 3.19. The Morgan fingerprint density at radius 2 is 1.86 bits per heavy atom. The molecule has 0 unspecified atom stereocenters. The minimum absolute atomic E-state index is 0.0204. The second-order valence-electron chi connectivity index (χ2n) is 7.44. The number of aromatic nitrogens is 2. The van der Waals surface area contributed by atoms with Crippen molar-refractivity contribution in [2.75, 3.05) is 0 Å². The number of carbonyl (C=O) groups is 1. The summed E-state index contributed by atoms with van der Waals surface area (Å²) in [6.45, 7) is 9.46. The van der Waals surface area contributed by atoms with Gasteiger partial charge in [0.1, 0.15) is 5.82 Å². The first-order valence-electron chi connectivity index (χ1n) is 9.48. The largest absolute Gasteiger partial charge is 0.329 e. The Balaban J connectivity index is 1.83. The van der Waals surface area contributed by atoms with Crippen molar-refractivity contribution in [2.24, 2.45) is 0 Å². The topological polar surface area (TPSA) is 38.1 Å². The van der Waals surface area contributed by atoms with Gasteiger partial charge in [0.25, 0.3) is 5.91 Å². The number of amides is 1. The number of aryl methyl sites for hydroxylation is 2. The van der Waals surface area contributed by atoms with Crippen LogP contribution in [0.1, 0.15) is 46.7 Å². The minimum atomic E-state index is -0.0204. The number of hydrogen-bond acceptors (Lipinski definition) is 2. The quantitative estimate of drug-likeness (QED) is 0.571. The lowest BCUT2D eigenvalue weighted by atomic mass is 10.1. The van der Waals surface area contributed by atoms with E-state index in [0.717, 1.165) is 12.4 Å². The summed E-state index contributed by atoms with van der Waals surface area (Å²) in [6, 6.07) is 13.5. The van der Waals surface area contributed by atoms with Gasteiger partial charge in [-0.1, -0.05) is 35.4 Å². The fraction of sp³-hybridized carbons (Fsp3) is 0.304. The third-order valence-electron chi connectivity index (χ3n) is 4.93. The first-order valence-corrected chi connectivity index (χ1v) is 9.85. The Bertz CT molecular complexity index is 960. The van der Waals surface area contributed by atoms with Crippen LogP contribution in [0.4, 0.5) is 0 Å². The second kappa shape index (κ2) is 8.61. The molecule has 5 heteroatoms. The van der Waals surface area contributed by atoms with E-state index in [1.807, 2.05) is 24.9 Å². The molecule has 0 aliphatic heterocycles. The van der Waals surface area contributed by atoms with Crippen LogP contribution >= 0.6 is 11.6 Å². The van der Waals surface area contributed by atoms with E-state index in [-0.39, 0.29) is 11.9 Å². The number of rotatable bonds is 6. The summed E-state index contributed by atoms with van der Waals surface area (Å²) in [6.07, 6.45) is 3.77. The predicted molar refractivity (Wildman–Crippen MR) is 114 cm³/mol. The van der Waals surface area contributed by atoms with Gasteiger partial charge in [-0.15, -0.1) is 0 Å². The molecule has 0 atom stereocenters. The molecular weight excluding hydrogens is 370 g/mol. The monoisotopic (exact) mass is 395 g/mol. The highest BCUT2D eigenvalue weighted by molar-refractivity contribution is 6.30. The van der Waals surface area contributed by atoms with E-state index < -0.39 is 0 Å². The molecule has 0 bridgehead atoms. The summed E-state index contributed by atoms with van der Waals surface area (Å²) in [5.74, 6) is 0.852. The van der Waals surface area contributed by atoms with Crippen molar-refractivity contribution < 1.29 is 4.79 Å². The molecule has 28 heavy (non-hydrogen) atoms. The van der Waals surface area contributed by atoms with Gasteiger partial charge in [0.05, 0.1) is 6.54 Å². The van der Waals surface area contributed by atoms with Gasteiger partial charge in [0, 0.05) is 35.6 Å². The molecule has 0 saturated heterocycles. The number of nitrogens with zero attached hydrogens (tertiary/aromatic N) is 3. The van der Waals surface area contributed by atoms with E-state index in [1.165, 1.54) is 16.7 Å². The summed E-state index contributed by atoms with van der Waals surface area (Å²) >= 11 is 5.96. The van der Waals surface area contributed by atoms with Crippen molar-refractivity contribution in [3.63, 3.8) is 0 Å². The predicted octanol–water partition coefficient (Wildman–Crippen LogP) is 5.25. The minimum Gasteiger partial charge on any atom is -0.329 e. The maximum atomic E-state index is 13.0. The van der Waals surface area contributed by atoms with E-state index >= 15 is 0 Å². The number of hydrogen-bond donors (Lipinski definition) is 0. The van der Waals surface area contributed by atoms with Crippen LogP contribution in [-0.2, 0) is 13.1 Å². The fourth-order valence-corrected chi connectivity index (χ4v) is 3.32. The molecule has 0 fully saturated rings. The van der Waals surface area contributed by atoms with Crippen molar-refractivity contribution in [3.05, 3.63) is 88.0 Å². The average molecular weight is 396 g/mol. The molecule has 0 spiro atoms. The summed E-state index contributed by atoms with van der Waals surface area (Å²) in [7, 11) is 0. The Morgan fingerprint density at radius 3 is 2.54 bits per heavy atom. The molecule has 0 N–H and O–H groups in total. The van der Waals surface area contributed by atoms with Gasteiger partial charge in [0.2, 0.25) is 0 Å². The maximum Gasteiger partial charge on any atom is 0.254 e. The van der Waals surface area contributed by atoms with Crippen LogP contribution in [0.3, 0.4) is 0 Å².